The monoisotopic (exact) mass is 325 g/mol. The Morgan fingerprint density at radius 3 is 2.42 bits per heavy atom. The lowest BCUT2D eigenvalue weighted by Gasteiger charge is -2.07. The second-order valence-electron chi connectivity index (χ2n) is 5.66. The summed E-state index contributed by atoms with van der Waals surface area (Å²) < 4.78 is 5.07. The largest absolute Gasteiger partial charge is 0.380 e. The predicted octanol–water partition coefficient (Wildman–Crippen LogP) is 4.00. The molecule has 0 aliphatic rings. The molecule has 4 nitrogen and oxygen atoms in total. The van der Waals surface area contributed by atoms with Crippen LogP contribution >= 0.6 is 0 Å². The maximum Gasteiger partial charge on any atom is 0.224 e. The van der Waals surface area contributed by atoms with Gasteiger partial charge in [0.2, 0.25) is 5.91 Å². The molecule has 0 atom stereocenters. The topological polar surface area (TPSA) is 55.4 Å². The van der Waals surface area contributed by atoms with Gasteiger partial charge in [-0.05, 0) is 29.7 Å². The summed E-state index contributed by atoms with van der Waals surface area (Å²) in [6, 6.07) is 15.0. The van der Waals surface area contributed by atoms with Crippen molar-refractivity contribution in [2.24, 2.45) is 0 Å². The number of ketones is 1. The van der Waals surface area contributed by atoms with Gasteiger partial charge in [-0.15, -0.1) is 0 Å². The van der Waals surface area contributed by atoms with Crippen molar-refractivity contribution in [3.8, 4) is 0 Å². The highest BCUT2D eigenvalue weighted by molar-refractivity contribution is 6.00. The maximum atomic E-state index is 12.1. The number of methoxy groups -OCH3 is 1. The number of anilines is 1. The van der Waals surface area contributed by atoms with Gasteiger partial charge in [-0.25, -0.2) is 0 Å². The number of aryl methyl sites for hydroxylation is 1. The fourth-order valence-corrected chi connectivity index (χ4v) is 2.43. The zero-order valence-corrected chi connectivity index (χ0v) is 14.2. The summed E-state index contributed by atoms with van der Waals surface area (Å²) in [5.74, 6) is -0.177. The van der Waals surface area contributed by atoms with Crippen LogP contribution in [0.25, 0.3) is 0 Å². The van der Waals surface area contributed by atoms with Gasteiger partial charge in [-0.3, -0.25) is 9.59 Å². The van der Waals surface area contributed by atoms with E-state index >= 15 is 0 Å². The summed E-state index contributed by atoms with van der Waals surface area (Å²) in [4.78, 5) is 24.2. The van der Waals surface area contributed by atoms with Crippen LogP contribution in [0.3, 0.4) is 0 Å². The summed E-state index contributed by atoms with van der Waals surface area (Å²) in [6.45, 7) is 2.57. The third-order valence-electron chi connectivity index (χ3n) is 3.79. The van der Waals surface area contributed by atoms with Crippen LogP contribution in [-0.4, -0.2) is 18.8 Å². The van der Waals surface area contributed by atoms with Crippen LogP contribution in [0.15, 0.2) is 48.5 Å². The fourth-order valence-electron chi connectivity index (χ4n) is 2.43. The number of ether oxygens (including phenoxy) is 1. The van der Waals surface area contributed by atoms with Crippen LogP contribution in [0.5, 0.6) is 0 Å². The van der Waals surface area contributed by atoms with Gasteiger partial charge in [-0.2, -0.15) is 0 Å². The number of rotatable bonds is 8. The van der Waals surface area contributed by atoms with Crippen molar-refractivity contribution in [1.82, 2.24) is 0 Å². The highest BCUT2D eigenvalue weighted by Gasteiger charge is 2.10. The summed E-state index contributed by atoms with van der Waals surface area (Å²) in [6.07, 6.45) is 1.32. The number of amides is 1. The Balaban J connectivity index is 1.85. The molecule has 0 radical (unpaired) electrons. The lowest BCUT2D eigenvalue weighted by Crippen LogP contribution is -2.13. The molecule has 0 unspecified atom stereocenters. The first-order valence-electron chi connectivity index (χ1n) is 8.12. The molecular formula is C20H23NO3. The third kappa shape index (κ3) is 5.32. The normalized spacial score (nSPS) is 10.4. The molecule has 0 aliphatic heterocycles. The Labute approximate surface area is 142 Å². The van der Waals surface area contributed by atoms with Crippen molar-refractivity contribution >= 4 is 17.4 Å². The molecule has 0 aliphatic carbocycles. The molecule has 0 aromatic heterocycles. The molecule has 4 heteroatoms. The molecule has 0 fully saturated rings. The van der Waals surface area contributed by atoms with Gasteiger partial charge in [0.1, 0.15) is 0 Å². The number of carbonyl (C=O) groups is 2. The smallest absolute Gasteiger partial charge is 0.224 e. The lowest BCUT2D eigenvalue weighted by molar-refractivity contribution is -0.116. The van der Waals surface area contributed by atoms with Crippen LogP contribution in [0.2, 0.25) is 0 Å². The van der Waals surface area contributed by atoms with E-state index in [0.717, 1.165) is 12.0 Å². The fraction of sp³-hybridized carbons (Fsp3) is 0.300. The second kappa shape index (κ2) is 8.99. The molecule has 2 aromatic carbocycles. The minimum atomic E-state index is -0.164. The molecule has 1 N–H and O–H groups in total. The predicted molar refractivity (Wildman–Crippen MR) is 95.2 cm³/mol. The first kappa shape index (κ1) is 17.9. The molecule has 1 amide bonds. The van der Waals surface area contributed by atoms with Gasteiger partial charge in [0.05, 0.1) is 6.61 Å². The standard InChI is InChI=1S/C20H23NO3/c1-3-15-7-9-17(10-8-15)19(22)11-12-20(23)21-18-6-4-5-16(13-18)14-24-2/h4-10,13H,3,11-12,14H2,1-2H3,(H,21,23). The molecule has 2 aromatic rings. The van der Waals surface area contributed by atoms with Crippen LogP contribution in [0, 0.1) is 0 Å². The average molecular weight is 325 g/mol. The molecule has 0 heterocycles. The maximum absolute atomic E-state index is 12.1. The zero-order chi connectivity index (χ0) is 17.4. The van der Waals surface area contributed by atoms with Gasteiger partial charge in [0.15, 0.2) is 5.78 Å². The van der Waals surface area contributed by atoms with Crippen molar-refractivity contribution < 1.29 is 14.3 Å². The Morgan fingerprint density at radius 2 is 1.75 bits per heavy atom. The molecule has 0 spiro atoms. The number of hydrogen-bond donors (Lipinski definition) is 1. The van der Waals surface area contributed by atoms with Crippen molar-refractivity contribution in [3.05, 3.63) is 65.2 Å². The number of nitrogens with one attached hydrogen (secondary N) is 1. The van der Waals surface area contributed by atoms with Crippen LogP contribution in [0.1, 0.15) is 41.3 Å². The first-order valence-corrected chi connectivity index (χ1v) is 8.12. The van der Waals surface area contributed by atoms with Gasteiger partial charge >= 0.3 is 0 Å². The third-order valence-corrected chi connectivity index (χ3v) is 3.79. The molecular weight excluding hydrogens is 302 g/mol. The van der Waals surface area contributed by atoms with Gasteiger partial charge < -0.3 is 10.1 Å². The Morgan fingerprint density at radius 1 is 1.00 bits per heavy atom. The van der Waals surface area contributed by atoms with Crippen molar-refractivity contribution in [3.63, 3.8) is 0 Å². The molecule has 0 bridgehead atoms. The SMILES string of the molecule is CCc1ccc(C(=O)CCC(=O)Nc2cccc(COC)c2)cc1. The lowest BCUT2D eigenvalue weighted by atomic mass is 10.0. The summed E-state index contributed by atoms with van der Waals surface area (Å²) in [5, 5.41) is 2.82. The average Bonchev–Trinajstić information content (AvgIpc) is 2.60. The van der Waals surface area contributed by atoms with Crippen LogP contribution in [0.4, 0.5) is 5.69 Å². The molecule has 0 saturated heterocycles. The van der Waals surface area contributed by atoms with E-state index in [0.29, 0.717) is 17.9 Å². The zero-order valence-electron chi connectivity index (χ0n) is 14.2. The molecule has 2 rings (SSSR count). The van der Waals surface area contributed by atoms with Crippen molar-refractivity contribution in [2.75, 3.05) is 12.4 Å². The minimum absolute atomic E-state index is 0.0130. The van der Waals surface area contributed by atoms with E-state index in [1.54, 1.807) is 7.11 Å². The molecule has 126 valence electrons. The summed E-state index contributed by atoms with van der Waals surface area (Å²) >= 11 is 0. The van der Waals surface area contributed by atoms with E-state index in [4.69, 9.17) is 4.74 Å². The highest BCUT2D eigenvalue weighted by Crippen LogP contribution is 2.13. The van der Waals surface area contributed by atoms with E-state index in [9.17, 15) is 9.59 Å². The van der Waals surface area contributed by atoms with E-state index in [2.05, 4.69) is 12.2 Å². The van der Waals surface area contributed by atoms with E-state index in [1.165, 1.54) is 5.56 Å². The molecule has 24 heavy (non-hydrogen) atoms. The number of hydrogen-bond acceptors (Lipinski definition) is 3. The highest BCUT2D eigenvalue weighted by atomic mass is 16.5. The van der Waals surface area contributed by atoms with Gasteiger partial charge in [0, 0.05) is 31.2 Å². The van der Waals surface area contributed by atoms with Crippen LogP contribution < -0.4 is 5.32 Å². The number of benzene rings is 2. The molecule has 0 saturated carbocycles. The van der Waals surface area contributed by atoms with E-state index < -0.39 is 0 Å². The quantitative estimate of drug-likeness (QED) is 0.746. The number of carbonyl (C=O) groups excluding carboxylic acids is 2. The Hall–Kier alpha value is -2.46. The van der Waals surface area contributed by atoms with Crippen LogP contribution in [-0.2, 0) is 22.6 Å². The number of Topliss-reactive ketones (excluding diaryl/α,β-unsaturated/α-hetero) is 1. The Kier molecular flexibility index (Phi) is 6.70. The van der Waals surface area contributed by atoms with E-state index in [1.807, 2.05) is 48.5 Å². The first-order chi connectivity index (χ1) is 11.6. The Bertz CT molecular complexity index is 692. The van der Waals surface area contributed by atoms with E-state index in [-0.39, 0.29) is 24.5 Å². The van der Waals surface area contributed by atoms with Gasteiger partial charge in [0.25, 0.3) is 0 Å². The second-order valence-corrected chi connectivity index (χ2v) is 5.66. The van der Waals surface area contributed by atoms with Gasteiger partial charge in [-0.1, -0.05) is 43.3 Å². The van der Waals surface area contributed by atoms with Crippen molar-refractivity contribution in [1.29, 1.82) is 0 Å². The summed E-state index contributed by atoms with van der Waals surface area (Å²) in [7, 11) is 1.63. The summed E-state index contributed by atoms with van der Waals surface area (Å²) in [5.41, 5.74) is 3.55. The van der Waals surface area contributed by atoms with Crippen molar-refractivity contribution in [2.45, 2.75) is 32.8 Å². The minimum Gasteiger partial charge on any atom is -0.380 e.